The number of rotatable bonds is 6. The molecule has 0 fully saturated rings. The van der Waals surface area contributed by atoms with Crippen molar-refractivity contribution in [3.8, 4) is 22.6 Å². The molecule has 21 heavy (non-hydrogen) atoms. The maximum atomic E-state index is 12.0. The lowest BCUT2D eigenvalue weighted by atomic mass is 9.96. The standard InChI is InChI=1S/C18H20O3/c1-4-20-16-12-11-15(13(3)19)17(18(16)21-5-2)14-9-7-6-8-10-14/h6-12H,4-5H2,1-3H3. The van der Waals surface area contributed by atoms with Crippen molar-refractivity contribution in [2.24, 2.45) is 0 Å². The Kier molecular flexibility index (Phi) is 4.99. The molecule has 110 valence electrons. The molecular weight excluding hydrogens is 264 g/mol. The van der Waals surface area contributed by atoms with E-state index in [9.17, 15) is 4.79 Å². The molecule has 0 spiro atoms. The van der Waals surface area contributed by atoms with Gasteiger partial charge in [0.05, 0.1) is 13.2 Å². The van der Waals surface area contributed by atoms with Gasteiger partial charge in [-0.1, -0.05) is 30.3 Å². The number of ketones is 1. The van der Waals surface area contributed by atoms with Crippen LogP contribution in [0, 0.1) is 0 Å². The minimum Gasteiger partial charge on any atom is -0.490 e. The van der Waals surface area contributed by atoms with Gasteiger partial charge in [0, 0.05) is 11.1 Å². The number of hydrogen-bond acceptors (Lipinski definition) is 3. The van der Waals surface area contributed by atoms with Crippen molar-refractivity contribution >= 4 is 5.78 Å². The molecule has 2 aromatic carbocycles. The molecule has 0 bridgehead atoms. The van der Waals surface area contributed by atoms with Crippen molar-refractivity contribution in [2.45, 2.75) is 20.8 Å². The Bertz CT molecular complexity index is 618. The van der Waals surface area contributed by atoms with E-state index in [0.29, 0.717) is 30.3 Å². The summed E-state index contributed by atoms with van der Waals surface area (Å²) in [5, 5.41) is 0. The van der Waals surface area contributed by atoms with E-state index in [1.807, 2.05) is 44.2 Å². The Morgan fingerprint density at radius 3 is 2.19 bits per heavy atom. The van der Waals surface area contributed by atoms with Crippen LogP contribution in [-0.2, 0) is 0 Å². The van der Waals surface area contributed by atoms with Crippen LogP contribution in [0.4, 0.5) is 0 Å². The first-order valence-corrected chi connectivity index (χ1v) is 7.18. The molecule has 0 aliphatic heterocycles. The summed E-state index contributed by atoms with van der Waals surface area (Å²) in [6.45, 7) is 6.48. The molecule has 0 amide bonds. The fourth-order valence-electron chi connectivity index (χ4n) is 2.31. The zero-order valence-corrected chi connectivity index (χ0v) is 12.7. The Morgan fingerprint density at radius 1 is 0.952 bits per heavy atom. The summed E-state index contributed by atoms with van der Waals surface area (Å²) in [4.78, 5) is 12.0. The number of ether oxygens (including phenoxy) is 2. The molecule has 0 N–H and O–H groups in total. The highest BCUT2D eigenvalue weighted by molar-refractivity contribution is 6.03. The van der Waals surface area contributed by atoms with E-state index in [0.717, 1.165) is 11.1 Å². The average Bonchev–Trinajstić information content (AvgIpc) is 2.49. The molecular formula is C18H20O3. The predicted molar refractivity (Wildman–Crippen MR) is 84.2 cm³/mol. The van der Waals surface area contributed by atoms with E-state index < -0.39 is 0 Å². The maximum absolute atomic E-state index is 12.0. The monoisotopic (exact) mass is 284 g/mol. The fraction of sp³-hybridized carbons (Fsp3) is 0.278. The highest BCUT2D eigenvalue weighted by Gasteiger charge is 2.19. The number of carbonyl (C=O) groups excluding carboxylic acids is 1. The van der Waals surface area contributed by atoms with Gasteiger partial charge in [-0.25, -0.2) is 0 Å². The maximum Gasteiger partial charge on any atom is 0.169 e. The predicted octanol–water partition coefficient (Wildman–Crippen LogP) is 4.35. The van der Waals surface area contributed by atoms with Gasteiger partial charge in [0.15, 0.2) is 17.3 Å². The second-order valence-corrected chi connectivity index (χ2v) is 4.60. The van der Waals surface area contributed by atoms with Gasteiger partial charge in [0.2, 0.25) is 0 Å². The molecule has 0 aliphatic rings. The van der Waals surface area contributed by atoms with E-state index in [-0.39, 0.29) is 5.78 Å². The van der Waals surface area contributed by atoms with Crippen molar-refractivity contribution in [1.82, 2.24) is 0 Å². The van der Waals surface area contributed by atoms with Crippen molar-refractivity contribution in [2.75, 3.05) is 13.2 Å². The molecule has 0 heterocycles. The Morgan fingerprint density at radius 2 is 1.62 bits per heavy atom. The van der Waals surface area contributed by atoms with Crippen LogP contribution in [0.25, 0.3) is 11.1 Å². The molecule has 0 saturated carbocycles. The summed E-state index contributed by atoms with van der Waals surface area (Å²) in [5.74, 6) is 1.32. The second kappa shape index (κ2) is 6.93. The summed E-state index contributed by atoms with van der Waals surface area (Å²) >= 11 is 0. The lowest BCUT2D eigenvalue weighted by Crippen LogP contribution is -2.04. The topological polar surface area (TPSA) is 35.5 Å². The van der Waals surface area contributed by atoms with Crippen molar-refractivity contribution in [3.05, 3.63) is 48.0 Å². The van der Waals surface area contributed by atoms with Gasteiger partial charge < -0.3 is 9.47 Å². The number of benzene rings is 2. The first-order valence-electron chi connectivity index (χ1n) is 7.18. The van der Waals surface area contributed by atoms with Gasteiger partial charge in [0.25, 0.3) is 0 Å². The van der Waals surface area contributed by atoms with Crippen molar-refractivity contribution in [1.29, 1.82) is 0 Å². The van der Waals surface area contributed by atoms with Crippen LogP contribution in [0.2, 0.25) is 0 Å². The third-order valence-corrected chi connectivity index (χ3v) is 3.15. The molecule has 2 aromatic rings. The van der Waals surface area contributed by atoms with Gasteiger partial charge in [0.1, 0.15) is 0 Å². The van der Waals surface area contributed by atoms with Crippen LogP contribution in [0.15, 0.2) is 42.5 Å². The van der Waals surface area contributed by atoms with Crippen LogP contribution in [-0.4, -0.2) is 19.0 Å². The first kappa shape index (κ1) is 15.1. The Labute approximate surface area is 125 Å². The van der Waals surface area contributed by atoms with Crippen LogP contribution in [0.1, 0.15) is 31.1 Å². The third-order valence-electron chi connectivity index (χ3n) is 3.15. The van der Waals surface area contributed by atoms with E-state index in [1.165, 1.54) is 0 Å². The largest absolute Gasteiger partial charge is 0.490 e. The molecule has 3 heteroatoms. The first-order chi connectivity index (χ1) is 10.2. The van der Waals surface area contributed by atoms with E-state index in [1.54, 1.807) is 19.1 Å². The molecule has 3 nitrogen and oxygen atoms in total. The summed E-state index contributed by atoms with van der Waals surface area (Å²) in [6, 6.07) is 13.4. The van der Waals surface area contributed by atoms with Crippen LogP contribution in [0.3, 0.4) is 0 Å². The summed E-state index contributed by atoms with van der Waals surface area (Å²) in [6.07, 6.45) is 0. The van der Waals surface area contributed by atoms with Gasteiger partial charge in [-0.05, 0) is 38.5 Å². The number of Topliss-reactive ketones (excluding diaryl/α,β-unsaturated/α-hetero) is 1. The van der Waals surface area contributed by atoms with Crippen LogP contribution < -0.4 is 9.47 Å². The van der Waals surface area contributed by atoms with E-state index >= 15 is 0 Å². The summed E-state index contributed by atoms with van der Waals surface area (Å²) < 4.78 is 11.4. The normalized spacial score (nSPS) is 10.2. The molecule has 0 unspecified atom stereocenters. The highest BCUT2D eigenvalue weighted by Crippen LogP contribution is 2.41. The van der Waals surface area contributed by atoms with Gasteiger partial charge in [-0.15, -0.1) is 0 Å². The van der Waals surface area contributed by atoms with E-state index in [2.05, 4.69) is 0 Å². The second-order valence-electron chi connectivity index (χ2n) is 4.60. The lowest BCUT2D eigenvalue weighted by Gasteiger charge is -2.18. The minimum atomic E-state index is 0.0119. The third kappa shape index (κ3) is 3.24. The van der Waals surface area contributed by atoms with Crippen LogP contribution >= 0.6 is 0 Å². The molecule has 0 aromatic heterocycles. The average molecular weight is 284 g/mol. The Hall–Kier alpha value is -2.29. The van der Waals surface area contributed by atoms with Crippen molar-refractivity contribution in [3.63, 3.8) is 0 Å². The van der Waals surface area contributed by atoms with Gasteiger partial charge in [-0.3, -0.25) is 4.79 Å². The molecule has 0 atom stereocenters. The molecule has 0 saturated heterocycles. The molecule has 2 rings (SSSR count). The fourth-order valence-corrected chi connectivity index (χ4v) is 2.31. The number of hydrogen-bond donors (Lipinski definition) is 0. The quantitative estimate of drug-likeness (QED) is 0.740. The van der Waals surface area contributed by atoms with Crippen LogP contribution in [0.5, 0.6) is 11.5 Å². The molecule has 0 aliphatic carbocycles. The van der Waals surface area contributed by atoms with Gasteiger partial charge in [-0.2, -0.15) is 0 Å². The smallest absolute Gasteiger partial charge is 0.169 e. The van der Waals surface area contributed by atoms with E-state index in [4.69, 9.17) is 9.47 Å². The number of carbonyl (C=O) groups is 1. The summed E-state index contributed by atoms with van der Waals surface area (Å²) in [5.41, 5.74) is 2.40. The molecule has 0 radical (unpaired) electrons. The van der Waals surface area contributed by atoms with Crippen molar-refractivity contribution < 1.29 is 14.3 Å². The summed E-state index contributed by atoms with van der Waals surface area (Å²) in [7, 11) is 0. The minimum absolute atomic E-state index is 0.0119. The lowest BCUT2D eigenvalue weighted by molar-refractivity contribution is 0.101. The highest BCUT2D eigenvalue weighted by atomic mass is 16.5. The Balaban J connectivity index is 2.71. The SMILES string of the molecule is CCOc1ccc(C(C)=O)c(-c2ccccc2)c1OCC. The zero-order chi connectivity index (χ0) is 15.2. The zero-order valence-electron chi connectivity index (χ0n) is 12.7. The van der Waals surface area contributed by atoms with Gasteiger partial charge >= 0.3 is 0 Å².